The van der Waals surface area contributed by atoms with Crippen LogP contribution in [0.15, 0.2) is 36.5 Å². The summed E-state index contributed by atoms with van der Waals surface area (Å²) >= 11 is 0. The van der Waals surface area contributed by atoms with E-state index in [1.807, 2.05) is 49.2 Å². The lowest BCUT2D eigenvalue weighted by Crippen LogP contribution is -2.13. The molecule has 1 aromatic carbocycles. The standard InChI is InChI=1S/C13H12N4/c1-10-3-5-12(6-4-10)17(2)13-15-8-7-11(9-14)16-13/h3-8H,1-2H3. The summed E-state index contributed by atoms with van der Waals surface area (Å²) in [5.41, 5.74) is 2.56. The third kappa shape index (κ3) is 2.40. The number of benzene rings is 1. The lowest BCUT2D eigenvalue weighted by atomic mass is 10.2. The first-order valence-electron chi connectivity index (χ1n) is 5.24. The SMILES string of the molecule is Cc1ccc(N(C)c2nccc(C#N)n2)cc1. The van der Waals surface area contributed by atoms with Crippen LogP contribution >= 0.6 is 0 Å². The molecule has 0 amide bonds. The van der Waals surface area contributed by atoms with Gasteiger partial charge in [0.2, 0.25) is 5.95 Å². The quantitative estimate of drug-likeness (QED) is 0.786. The summed E-state index contributed by atoms with van der Waals surface area (Å²) in [6.07, 6.45) is 1.59. The Bertz CT molecular complexity index is 554. The number of rotatable bonds is 2. The molecular weight excluding hydrogens is 212 g/mol. The Morgan fingerprint density at radius 2 is 1.88 bits per heavy atom. The summed E-state index contributed by atoms with van der Waals surface area (Å²) in [7, 11) is 1.88. The fraction of sp³-hybridized carbons (Fsp3) is 0.154. The molecule has 4 nitrogen and oxygen atoms in total. The summed E-state index contributed by atoms with van der Waals surface area (Å²) in [6.45, 7) is 2.04. The van der Waals surface area contributed by atoms with Crippen molar-refractivity contribution in [3.8, 4) is 6.07 Å². The average molecular weight is 224 g/mol. The zero-order chi connectivity index (χ0) is 12.3. The van der Waals surface area contributed by atoms with Crippen LogP contribution in [0.4, 0.5) is 11.6 Å². The maximum atomic E-state index is 8.79. The number of anilines is 2. The molecule has 0 radical (unpaired) electrons. The summed E-state index contributed by atoms with van der Waals surface area (Å²) in [6, 6.07) is 11.6. The largest absolute Gasteiger partial charge is 0.314 e. The fourth-order valence-corrected chi connectivity index (χ4v) is 1.46. The van der Waals surface area contributed by atoms with Crippen molar-refractivity contribution in [3.05, 3.63) is 47.8 Å². The highest BCUT2D eigenvalue weighted by atomic mass is 15.2. The van der Waals surface area contributed by atoms with Gasteiger partial charge in [-0.25, -0.2) is 9.97 Å². The lowest BCUT2D eigenvalue weighted by Gasteiger charge is -2.16. The molecule has 0 spiro atoms. The number of nitrogens with zero attached hydrogens (tertiary/aromatic N) is 4. The first-order chi connectivity index (χ1) is 8.20. The molecule has 0 aliphatic heterocycles. The van der Waals surface area contributed by atoms with Gasteiger partial charge in [-0.3, -0.25) is 0 Å². The minimum absolute atomic E-state index is 0.369. The number of nitriles is 1. The van der Waals surface area contributed by atoms with E-state index in [-0.39, 0.29) is 0 Å². The predicted molar refractivity (Wildman–Crippen MR) is 66.0 cm³/mol. The number of hydrogen-bond donors (Lipinski definition) is 0. The van der Waals surface area contributed by atoms with E-state index in [2.05, 4.69) is 9.97 Å². The monoisotopic (exact) mass is 224 g/mol. The first-order valence-corrected chi connectivity index (χ1v) is 5.24. The van der Waals surface area contributed by atoms with Gasteiger partial charge in [-0.15, -0.1) is 0 Å². The van der Waals surface area contributed by atoms with Crippen molar-refractivity contribution < 1.29 is 0 Å². The average Bonchev–Trinajstić information content (AvgIpc) is 2.39. The molecule has 0 saturated carbocycles. The molecular formula is C13H12N4. The number of hydrogen-bond acceptors (Lipinski definition) is 4. The van der Waals surface area contributed by atoms with Gasteiger partial charge in [0.05, 0.1) is 0 Å². The van der Waals surface area contributed by atoms with E-state index >= 15 is 0 Å². The van der Waals surface area contributed by atoms with Gasteiger partial charge in [0.15, 0.2) is 0 Å². The Kier molecular flexibility index (Phi) is 3.01. The van der Waals surface area contributed by atoms with E-state index in [0.29, 0.717) is 11.6 Å². The van der Waals surface area contributed by atoms with E-state index in [4.69, 9.17) is 5.26 Å². The highest BCUT2D eigenvalue weighted by molar-refractivity contribution is 5.56. The van der Waals surface area contributed by atoms with Gasteiger partial charge in [0, 0.05) is 18.9 Å². The van der Waals surface area contributed by atoms with Crippen molar-refractivity contribution >= 4 is 11.6 Å². The van der Waals surface area contributed by atoms with E-state index in [1.54, 1.807) is 12.3 Å². The Labute approximate surface area is 100 Å². The lowest BCUT2D eigenvalue weighted by molar-refractivity contribution is 1.03. The molecule has 0 saturated heterocycles. The van der Waals surface area contributed by atoms with Gasteiger partial charge in [-0.05, 0) is 25.1 Å². The zero-order valence-corrected chi connectivity index (χ0v) is 9.75. The Hall–Kier alpha value is -2.41. The molecule has 1 heterocycles. The Balaban J connectivity index is 2.33. The molecule has 0 aliphatic carbocycles. The van der Waals surface area contributed by atoms with Crippen LogP contribution in [0.25, 0.3) is 0 Å². The molecule has 1 aromatic heterocycles. The Morgan fingerprint density at radius 3 is 2.53 bits per heavy atom. The van der Waals surface area contributed by atoms with Gasteiger partial charge in [0.25, 0.3) is 0 Å². The molecule has 0 fully saturated rings. The van der Waals surface area contributed by atoms with Gasteiger partial charge < -0.3 is 4.90 Å². The highest BCUT2D eigenvalue weighted by Crippen LogP contribution is 2.19. The van der Waals surface area contributed by atoms with Gasteiger partial charge in [0.1, 0.15) is 11.8 Å². The summed E-state index contributed by atoms with van der Waals surface area (Å²) in [5.74, 6) is 0.521. The van der Waals surface area contributed by atoms with E-state index in [1.165, 1.54) is 5.56 Å². The van der Waals surface area contributed by atoms with Crippen LogP contribution in [0.2, 0.25) is 0 Å². The van der Waals surface area contributed by atoms with Crippen molar-refractivity contribution in [3.63, 3.8) is 0 Å². The molecule has 0 N–H and O–H groups in total. The van der Waals surface area contributed by atoms with E-state index in [9.17, 15) is 0 Å². The van der Waals surface area contributed by atoms with Crippen LogP contribution < -0.4 is 4.90 Å². The maximum absolute atomic E-state index is 8.79. The Morgan fingerprint density at radius 1 is 1.18 bits per heavy atom. The second kappa shape index (κ2) is 4.62. The van der Waals surface area contributed by atoms with Crippen LogP contribution in [0.3, 0.4) is 0 Å². The van der Waals surface area contributed by atoms with Gasteiger partial charge in [-0.1, -0.05) is 17.7 Å². The number of aromatic nitrogens is 2. The first kappa shape index (κ1) is 11.1. The molecule has 0 atom stereocenters. The van der Waals surface area contributed by atoms with Crippen LogP contribution in [0.5, 0.6) is 0 Å². The maximum Gasteiger partial charge on any atom is 0.230 e. The fourth-order valence-electron chi connectivity index (χ4n) is 1.46. The van der Waals surface area contributed by atoms with Gasteiger partial charge in [-0.2, -0.15) is 5.26 Å². The van der Waals surface area contributed by atoms with Crippen LogP contribution in [0, 0.1) is 18.3 Å². The molecule has 0 aliphatic rings. The third-order valence-corrected chi connectivity index (χ3v) is 2.48. The topological polar surface area (TPSA) is 52.8 Å². The minimum atomic E-state index is 0.369. The van der Waals surface area contributed by atoms with Crippen LogP contribution in [0.1, 0.15) is 11.3 Å². The van der Waals surface area contributed by atoms with Crippen molar-refractivity contribution in [1.82, 2.24) is 9.97 Å². The smallest absolute Gasteiger partial charge is 0.230 e. The molecule has 84 valence electrons. The molecule has 17 heavy (non-hydrogen) atoms. The molecule has 4 heteroatoms. The normalized spacial score (nSPS) is 9.71. The van der Waals surface area contributed by atoms with Crippen LogP contribution in [-0.2, 0) is 0 Å². The summed E-state index contributed by atoms with van der Waals surface area (Å²) < 4.78 is 0. The predicted octanol–water partition coefficient (Wildman–Crippen LogP) is 2.42. The molecule has 2 aromatic rings. The van der Waals surface area contributed by atoms with Crippen molar-refractivity contribution in [2.45, 2.75) is 6.92 Å². The zero-order valence-electron chi connectivity index (χ0n) is 9.75. The second-order valence-corrected chi connectivity index (χ2v) is 3.75. The second-order valence-electron chi connectivity index (χ2n) is 3.75. The molecule has 0 bridgehead atoms. The number of aryl methyl sites for hydroxylation is 1. The van der Waals surface area contributed by atoms with Crippen LogP contribution in [-0.4, -0.2) is 17.0 Å². The summed E-state index contributed by atoms with van der Waals surface area (Å²) in [5, 5.41) is 8.79. The highest BCUT2D eigenvalue weighted by Gasteiger charge is 2.07. The van der Waals surface area contributed by atoms with Crippen molar-refractivity contribution in [2.24, 2.45) is 0 Å². The van der Waals surface area contributed by atoms with Crippen molar-refractivity contribution in [2.75, 3.05) is 11.9 Å². The summed E-state index contributed by atoms with van der Waals surface area (Å²) in [4.78, 5) is 10.1. The molecule has 2 rings (SSSR count). The minimum Gasteiger partial charge on any atom is -0.314 e. The third-order valence-electron chi connectivity index (χ3n) is 2.48. The molecule has 0 unspecified atom stereocenters. The van der Waals surface area contributed by atoms with E-state index in [0.717, 1.165) is 5.69 Å². The van der Waals surface area contributed by atoms with Crippen molar-refractivity contribution in [1.29, 1.82) is 5.26 Å². The van der Waals surface area contributed by atoms with E-state index < -0.39 is 0 Å². The van der Waals surface area contributed by atoms with Gasteiger partial charge >= 0.3 is 0 Å².